The number of carboxylic acids is 1. The van der Waals surface area contributed by atoms with E-state index in [9.17, 15) is 18.8 Å². The summed E-state index contributed by atoms with van der Waals surface area (Å²) in [5.74, 6) is -1.96. The van der Waals surface area contributed by atoms with Gasteiger partial charge in [0.15, 0.2) is 0 Å². The molecule has 1 aromatic carbocycles. The van der Waals surface area contributed by atoms with Crippen molar-refractivity contribution >= 4 is 11.9 Å². The predicted molar refractivity (Wildman–Crippen MR) is 81.4 cm³/mol. The molecule has 1 aliphatic carbocycles. The van der Waals surface area contributed by atoms with E-state index in [4.69, 9.17) is 5.11 Å². The number of amides is 1. The van der Waals surface area contributed by atoms with Gasteiger partial charge in [-0.3, -0.25) is 14.4 Å². The van der Waals surface area contributed by atoms with Gasteiger partial charge < -0.3 is 10.4 Å². The number of nitrogens with one attached hydrogen (secondary N) is 1. The maximum atomic E-state index is 13.0. The lowest BCUT2D eigenvalue weighted by molar-refractivity contribution is -0.143. The standard InChI is InChI=1S/C16H14FN3O4/c17-10-1-3-11(4-2-10)20-13(21)6-5-12(19-20)14(22)18-9-16(7-8-16)15(23)24/h1-6H,7-9H2,(H,18,22)(H,23,24). The number of aromatic nitrogens is 2. The monoisotopic (exact) mass is 331 g/mol. The first-order valence-corrected chi connectivity index (χ1v) is 7.29. The van der Waals surface area contributed by atoms with Gasteiger partial charge in [-0.05, 0) is 43.2 Å². The molecule has 2 N–H and O–H groups in total. The minimum absolute atomic E-state index is 0.0124. The van der Waals surface area contributed by atoms with Crippen LogP contribution in [-0.2, 0) is 4.79 Å². The van der Waals surface area contributed by atoms with Crippen molar-refractivity contribution in [1.82, 2.24) is 15.1 Å². The van der Waals surface area contributed by atoms with Crippen LogP contribution in [-0.4, -0.2) is 33.3 Å². The van der Waals surface area contributed by atoms with Gasteiger partial charge >= 0.3 is 5.97 Å². The van der Waals surface area contributed by atoms with Crippen molar-refractivity contribution in [3.05, 3.63) is 58.3 Å². The van der Waals surface area contributed by atoms with Gasteiger partial charge in [-0.25, -0.2) is 4.39 Å². The van der Waals surface area contributed by atoms with Crippen LogP contribution in [0.1, 0.15) is 23.3 Å². The molecule has 1 saturated carbocycles. The first-order chi connectivity index (χ1) is 11.4. The van der Waals surface area contributed by atoms with Crippen LogP contribution in [0.2, 0.25) is 0 Å². The highest BCUT2D eigenvalue weighted by Crippen LogP contribution is 2.45. The molecule has 1 fully saturated rings. The molecule has 3 rings (SSSR count). The normalized spacial score (nSPS) is 14.9. The molecule has 2 aromatic rings. The van der Waals surface area contributed by atoms with Crippen molar-refractivity contribution in [2.24, 2.45) is 5.41 Å². The third-order valence-electron chi connectivity index (χ3n) is 4.00. The van der Waals surface area contributed by atoms with Gasteiger partial charge in [-0.1, -0.05) is 0 Å². The van der Waals surface area contributed by atoms with E-state index >= 15 is 0 Å². The topological polar surface area (TPSA) is 101 Å². The van der Waals surface area contributed by atoms with E-state index in [1.165, 1.54) is 36.4 Å². The Hall–Kier alpha value is -3.03. The van der Waals surface area contributed by atoms with Crippen molar-refractivity contribution < 1.29 is 19.1 Å². The molecule has 124 valence electrons. The van der Waals surface area contributed by atoms with E-state index in [1.807, 2.05) is 0 Å². The van der Waals surface area contributed by atoms with Crippen LogP contribution < -0.4 is 10.9 Å². The fraction of sp³-hybridized carbons (Fsp3) is 0.250. The Balaban J connectivity index is 1.80. The first-order valence-electron chi connectivity index (χ1n) is 7.29. The Morgan fingerprint density at radius 3 is 2.46 bits per heavy atom. The molecule has 1 aromatic heterocycles. The van der Waals surface area contributed by atoms with Gasteiger partial charge in [0.1, 0.15) is 11.5 Å². The van der Waals surface area contributed by atoms with Crippen LogP contribution in [0.25, 0.3) is 5.69 Å². The maximum Gasteiger partial charge on any atom is 0.311 e. The smallest absolute Gasteiger partial charge is 0.311 e. The summed E-state index contributed by atoms with van der Waals surface area (Å²) in [7, 11) is 0. The van der Waals surface area contributed by atoms with E-state index in [1.54, 1.807) is 0 Å². The molecule has 0 unspecified atom stereocenters. The number of carbonyl (C=O) groups is 2. The lowest BCUT2D eigenvalue weighted by atomic mass is 10.1. The highest BCUT2D eigenvalue weighted by molar-refractivity contribution is 5.92. The van der Waals surface area contributed by atoms with Crippen molar-refractivity contribution in [3.63, 3.8) is 0 Å². The SMILES string of the molecule is O=C(NCC1(C(=O)O)CC1)c1ccc(=O)n(-c2ccc(F)cc2)n1. The molecule has 24 heavy (non-hydrogen) atoms. The second-order valence-electron chi connectivity index (χ2n) is 5.71. The van der Waals surface area contributed by atoms with Crippen LogP contribution in [0.15, 0.2) is 41.2 Å². The largest absolute Gasteiger partial charge is 0.481 e. The quantitative estimate of drug-likeness (QED) is 0.850. The van der Waals surface area contributed by atoms with Crippen molar-refractivity contribution in [2.75, 3.05) is 6.54 Å². The predicted octanol–water partition coefficient (Wildman–Crippen LogP) is 0.966. The van der Waals surface area contributed by atoms with Crippen LogP contribution in [0.4, 0.5) is 4.39 Å². The fourth-order valence-electron chi connectivity index (χ4n) is 2.26. The number of carbonyl (C=O) groups excluding carboxylic acids is 1. The average Bonchev–Trinajstić information content (AvgIpc) is 3.35. The zero-order chi connectivity index (χ0) is 17.3. The molecule has 0 atom stereocenters. The van der Waals surface area contributed by atoms with Gasteiger partial charge in [-0.15, -0.1) is 0 Å². The van der Waals surface area contributed by atoms with E-state index in [0.29, 0.717) is 18.5 Å². The third kappa shape index (κ3) is 3.03. The van der Waals surface area contributed by atoms with Gasteiger partial charge in [0.25, 0.3) is 11.5 Å². The maximum absolute atomic E-state index is 13.0. The van der Waals surface area contributed by atoms with Gasteiger partial charge in [0.05, 0.1) is 11.1 Å². The molecule has 7 nitrogen and oxygen atoms in total. The van der Waals surface area contributed by atoms with Crippen LogP contribution in [0.3, 0.4) is 0 Å². The number of halogens is 1. The molecule has 8 heteroatoms. The second-order valence-corrected chi connectivity index (χ2v) is 5.71. The van der Waals surface area contributed by atoms with Crippen molar-refractivity contribution in [2.45, 2.75) is 12.8 Å². The summed E-state index contributed by atoms with van der Waals surface area (Å²) in [6, 6.07) is 7.54. The minimum Gasteiger partial charge on any atom is -0.481 e. The Kier molecular flexibility index (Phi) is 3.88. The lowest BCUT2D eigenvalue weighted by Crippen LogP contribution is -2.35. The van der Waals surface area contributed by atoms with Gasteiger partial charge in [-0.2, -0.15) is 9.78 Å². The first kappa shape index (κ1) is 15.9. The van der Waals surface area contributed by atoms with Crippen LogP contribution >= 0.6 is 0 Å². The van der Waals surface area contributed by atoms with Gasteiger partial charge in [0.2, 0.25) is 0 Å². The summed E-state index contributed by atoms with van der Waals surface area (Å²) in [6.45, 7) is 0.0124. The zero-order valence-corrected chi connectivity index (χ0v) is 12.5. The second kappa shape index (κ2) is 5.88. The van der Waals surface area contributed by atoms with Crippen molar-refractivity contribution in [3.8, 4) is 5.69 Å². The number of nitrogens with zero attached hydrogens (tertiary/aromatic N) is 2. The van der Waals surface area contributed by atoms with E-state index < -0.39 is 28.7 Å². The lowest BCUT2D eigenvalue weighted by Gasteiger charge is -2.11. The van der Waals surface area contributed by atoms with E-state index in [0.717, 1.165) is 4.68 Å². The average molecular weight is 331 g/mol. The van der Waals surface area contributed by atoms with Crippen LogP contribution in [0.5, 0.6) is 0 Å². The summed E-state index contributed by atoms with van der Waals surface area (Å²) >= 11 is 0. The summed E-state index contributed by atoms with van der Waals surface area (Å²) in [5.41, 5.74) is -1.07. The molecule has 1 amide bonds. The number of hydrogen-bond donors (Lipinski definition) is 2. The molecule has 1 aliphatic rings. The number of rotatable bonds is 5. The number of benzene rings is 1. The molecule has 0 aliphatic heterocycles. The van der Waals surface area contributed by atoms with Crippen molar-refractivity contribution in [1.29, 1.82) is 0 Å². The van der Waals surface area contributed by atoms with E-state index in [-0.39, 0.29) is 12.2 Å². The number of carboxylic acid groups (broad SMARTS) is 1. The highest BCUT2D eigenvalue weighted by atomic mass is 19.1. The molecule has 0 spiro atoms. The fourth-order valence-corrected chi connectivity index (χ4v) is 2.26. The summed E-state index contributed by atoms with van der Waals surface area (Å²) in [4.78, 5) is 35.1. The Bertz CT molecular complexity index is 856. The molecule has 0 bridgehead atoms. The molecular weight excluding hydrogens is 317 g/mol. The Labute approximate surface area is 135 Å². The Morgan fingerprint density at radius 2 is 1.88 bits per heavy atom. The summed E-state index contributed by atoms with van der Waals surface area (Å²) in [5, 5.41) is 15.6. The Morgan fingerprint density at radius 1 is 1.21 bits per heavy atom. The van der Waals surface area contributed by atoms with Gasteiger partial charge in [0, 0.05) is 12.6 Å². The summed E-state index contributed by atoms with van der Waals surface area (Å²) < 4.78 is 14.0. The zero-order valence-electron chi connectivity index (χ0n) is 12.5. The summed E-state index contributed by atoms with van der Waals surface area (Å²) in [6.07, 6.45) is 1.04. The molecular formula is C16H14FN3O4. The number of aliphatic carboxylic acids is 1. The molecule has 0 saturated heterocycles. The molecule has 0 radical (unpaired) electrons. The molecule has 1 heterocycles. The van der Waals surface area contributed by atoms with E-state index in [2.05, 4.69) is 10.4 Å². The number of hydrogen-bond acceptors (Lipinski definition) is 4. The highest BCUT2D eigenvalue weighted by Gasteiger charge is 2.50. The van der Waals surface area contributed by atoms with Crippen LogP contribution in [0, 0.1) is 11.2 Å². The minimum atomic E-state index is -0.938. The third-order valence-corrected chi connectivity index (χ3v) is 4.00.